The molecule has 0 unspecified atom stereocenters. The number of hydrogen-bond acceptors (Lipinski definition) is 6. The fraction of sp³-hybridized carbons (Fsp3) is 0.412. The lowest BCUT2D eigenvalue weighted by Gasteiger charge is -2.07. The van der Waals surface area contributed by atoms with Crippen LogP contribution in [0.2, 0.25) is 0 Å². The lowest BCUT2D eigenvalue weighted by molar-refractivity contribution is 0.0527. The van der Waals surface area contributed by atoms with E-state index in [-0.39, 0.29) is 22.0 Å². The Bertz CT molecular complexity index is 882. The standard InChI is InChI=1S/C17H22N4O4S/c1-6-21-10(5)12(9(4)20-21)15(23)19-16-11(17(24)25-7-2)8(3)13(26-16)14(18)22/h6-7H2,1-5H3,(H2,18,22)(H,19,23). The van der Waals surface area contributed by atoms with Crippen LogP contribution < -0.4 is 11.1 Å². The van der Waals surface area contributed by atoms with Gasteiger partial charge in [0.1, 0.15) is 5.00 Å². The van der Waals surface area contributed by atoms with Crippen LogP contribution in [0.25, 0.3) is 0 Å². The number of ether oxygens (including phenoxy) is 1. The van der Waals surface area contributed by atoms with E-state index in [0.717, 1.165) is 17.0 Å². The fourth-order valence-corrected chi connectivity index (χ4v) is 3.83. The number of nitrogens with two attached hydrogens (primary N) is 1. The van der Waals surface area contributed by atoms with Crippen molar-refractivity contribution in [1.29, 1.82) is 0 Å². The first kappa shape index (κ1) is 19.6. The first-order valence-corrected chi connectivity index (χ1v) is 9.00. The Morgan fingerprint density at radius 2 is 1.85 bits per heavy atom. The van der Waals surface area contributed by atoms with E-state index in [9.17, 15) is 14.4 Å². The molecule has 2 aromatic heterocycles. The summed E-state index contributed by atoms with van der Waals surface area (Å²) in [7, 11) is 0. The molecule has 0 atom stereocenters. The lowest BCUT2D eigenvalue weighted by atomic mass is 10.1. The molecule has 26 heavy (non-hydrogen) atoms. The molecule has 0 fully saturated rings. The molecule has 0 aliphatic rings. The van der Waals surface area contributed by atoms with E-state index in [1.165, 1.54) is 0 Å². The molecular weight excluding hydrogens is 356 g/mol. The number of esters is 1. The molecule has 8 nitrogen and oxygen atoms in total. The predicted molar refractivity (Wildman–Crippen MR) is 98.9 cm³/mol. The minimum atomic E-state index is -0.662. The largest absolute Gasteiger partial charge is 0.462 e. The number of carbonyl (C=O) groups is 3. The summed E-state index contributed by atoms with van der Waals surface area (Å²) in [5.41, 5.74) is 7.67. The van der Waals surface area contributed by atoms with Crippen molar-refractivity contribution in [1.82, 2.24) is 9.78 Å². The number of nitrogens with zero attached hydrogens (tertiary/aromatic N) is 2. The summed E-state index contributed by atoms with van der Waals surface area (Å²) in [4.78, 5) is 36.9. The average Bonchev–Trinajstić information content (AvgIpc) is 3.03. The highest BCUT2D eigenvalue weighted by atomic mass is 32.1. The van der Waals surface area contributed by atoms with Gasteiger partial charge in [-0.05, 0) is 40.2 Å². The second-order valence-electron chi connectivity index (χ2n) is 5.66. The van der Waals surface area contributed by atoms with Gasteiger partial charge in [0.05, 0.1) is 28.3 Å². The lowest BCUT2D eigenvalue weighted by Crippen LogP contribution is -2.16. The number of carbonyl (C=O) groups excluding carboxylic acids is 3. The fourth-order valence-electron chi connectivity index (χ4n) is 2.78. The maximum absolute atomic E-state index is 12.8. The third-order valence-corrected chi connectivity index (χ3v) is 5.21. The monoisotopic (exact) mass is 378 g/mol. The van der Waals surface area contributed by atoms with Crippen LogP contribution in [0.3, 0.4) is 0 Å². The molecule has 0 aliphatic carbocycles. The first-order valence-electron chi connectivity index (χ1n) is 8.18. The molecule has 0 aromatic carbocycles. The van der Waals surface area contributed by atoms with Crippen molar-refractivity contribution in [3.63, 3.8) is 0 Å². The smallest absolute Gasteiger partial charge is 0.341 e. The summed E-state index contributed by atoms with van der Waals surface area (Å²) in [6.07, 6.45) is 0. The Balaban J connectivity index is 2.47. The molecule has 0 saturated carbocycles. The van der Waals surface area contributed by atoms with Crippen molar-refractivity contribution < 1.29 is 19.1 Å². The number of nitrogens with one attached hydrogen (secondary N) is 1. The number of anilines is 1. The molecule has 0 bridgehead atoms. The summed E-state index contributed by atoms with van der Waals surface area (Å²) in [5.74, 6) is -1.67. The molecule has 140 valence electrons. The number of primary amides is 1. The summed E-state index contributed by atoms with van der Waals surface area (Å²) >= 11 is 0.961. The minimum Gasteiger partial charge on any atom is -0.462 e. The van der Waals surface area contributed by atoms with Gasteiger partial charge in [-0.15, -0.1) is 11.3 Å². The van der Waals surface area contributed by atoms with E-state index in [0.29, 0.717) is 23.4 Å². The van der Waals surface area contributed by atoms with Gasteiger partial charge in [0.2, 0.25) is 0 Å². The van der Waals surface area contributed by atoms with Gasteiger partial charge >= 0.3 is 5.97 Å². The number of aromatic nitrogens is 2. The highest BCUT2D eigenvalue weighted by molar-refractivity contribution is 7.18. The van der Waals surface area contributed by atoms with Crippen LogP contribution in [0.1, 0.15) is 61.2 Å². The zero-order chi connectivity index (χ0) is 19.6. The third-order valence-electron chi connectivity index (χ3n) is 3.99. The summed E-state index contributed by atoms with van der Waals surface area (Å²) in [6.45, 7) is 9.57. The molecule has 0 aliphatic heterocycles. The summed E-state index contributed by atoms with van der Waals surface area (Å²) in [5, 5.41) is 7.28. The second-order valence-corrected chi connectivity index (χ2v) is 6.68. The van der Waals surface area contributed by atoms with Crippen molar-refractivity contribution in [2.45, 2.75) is 41.2 Å². The minimum absolute atomic E-state index is 0.150. The number of amides is 2. The molecule has 0 spiro atoms. The van der Waals surface area contributed by atoms with Crippen LogP contribution in [0.15, 0.2) is 0 Å². The van der Waals surface area contributed by atoms with Crippen molar-refractivity contribution >= 4 is 34.1 Å². The van der Waals surface area contributed by atoms with Gasteiger partial charge < -0.3 is 15.8 Å². The Kier molecular flexibility index (Phi) is 5.81. The summed E-state index contributed by atoms with van der Waals surface area (Å²) < 4.78 is 6.77. The van der Waals surface area contributed by atoms with E-state index >= 15 is 0 Å². The Morgan fingerprint density at radius 3 is 2.35 bits per heavy atom. The van der Waals surface area contributed by atoms with Crippen molar-refractivity contribution in [2.24, 2.45) is 5.73 Å². The zero-order valence-corrected chi connectivity index (χ0v) is 16.2. The van der Waals surface area contributed by atoms with Crippen LogP contribution in [0, 0.1) is 20.8 Å². The van der Waals surface area contributed by atoms with Gasteiger partial charge in [-0.3, -0.25) is 14.3 Å². The van der Waals surface area contributed by atoms with Gasteiger partial charge in [-0.2, -0.15) is 5.10 Å². The predicted octanol–water partition coefficient (Wildman–Crippen LogP) is 2.42. The van der Waals surface area contributed by atoms with Crippen molar-refractivity contribution in [3.05, 3.63) is 33.0 Å². The maximum Gasteiger partial charge on any atom is 0.341 e. The van der Waals surface area contributed by atoms with Gasteiger partial charge in [0.25, 0.3) is 11.8 Å². The quantitative estimate of drug-likeness (QED) is 0.749. The summed E-state index contributed by atoms with van der Waals surface area (Å²) in [6, 6.07) is 0. The highest BCUT2D eigenvalue weighted by Crippen LogP contribution is 2.34. The number of thiophene rings is 1. The van der Waals surface area contributed by atoms with Gasteiger partial charge in [0.15, 0.2) is 0 Å². The average molecular weight is 378 g/mol. The number of aryl methyl sites for hydroxylation is 2. The van der Waals surface area contributed by atoms with E-state index < -0.39 is 17.8 Å². The van der Waals surface area contributed by atoms with Gasteiger partial charge in [-0.25, -0.2) is 4.79 Å². The van der Waals surface area contributed by atoms with E-state index in [1.807, 2.05) is 6.92 Å². The zero-order valence-electron chi connectivity index (χ0n) is 15.4. The van der Waals surface area contributed by atoms with Gasteiger partial charge in [0, 0.05) is 12.2 Å². The van der Waals surface area contributed by atoms with Crippen molar-refractivity contribution in [3.8, 4) is 0 Å². The molecule has 3 N–H and O–H groups in total. The van der Waals surface area contributed by atoms with Crippen molar-refractivity contribution in [2.75, 3.05) is 11.9 Å². The molecule has 0 saturated heterocycles. The topological polar surface area (TPSA) is 116 Å². The Hall–Kier alpha value is -2.68. The third kappa shape index (κ3) is 3.48. The molecule has 2 amide bonds. The molecule has 2 heterocycles. The highest BCUT2D eigenvalue weighted by Gasteiger charge is 2.27. The maximum atomic E-state index is 12.8. The first-order chi connectivity index (χ1) is 12.2. The molecule has 9 heteroatoms. The van der Waals surface area contributed by atoms with E-state index in [1.54, 1.807) is 32.4 Å². The van der Waals surface area contributed by atoms with Crippen LogP contribution in [-0.4, -0.2) is 34.2 Å². The van der Waals surface area contributed by atoms with Crippen LogP contribution in [0.4, 0.5) is 5.00 Å². The normalized spacial score (nSPS) is 10.7. The molecule has 2 rings (SSSR count). The van der Waals surface area contributed by atoms with Crippen LogP contribution in [-0.2, 0) is 11.3 Å². The Morgan fingerprint density at radius 1 is 1.19 bits per heavy atom. The van der Waals surface area contributed by atoms with Gasteiger partial charge in [-0.1, -0.05) is 0 Å². The molecular formula is C17H22N4O4S. The second kappa shape index (κ2) is 7.69. The van der Waals surface area contributed by atoms with E-state index in [2.05, 4.69) is 10.4 Å². The van der Waals surface area contributed by atoms with Crippen LogP contribution in [0.5, 0.6) is 0 Å². The SMILES string of the molecule is CCOC(=O)c1c(NC(=O)c2c(C)nn(CC)c2C)sc(C(N)=O)c1C. The number of hydrogen-bond donors (Lipinski definition) is 2. The van der Waals surface area contributed by atoms with E-state index in [4.69, 9.17) is 10.5 Å². The molecule has 0 radical (unpaired) electrons. The number of rotatable bonds is 6. The molecule has 2 aromatic rings. The van der Waals surface area contributed by atoms with Crippen LogP contribution >= 0.6 is 11.3 Å². The Labute approximate surface area is 155 Å².